The van der Waals surface area contributed by atoms with E-state index in [1.165, 1.54) is 21.9 Å². The van der Waals surface area contributed by atoms with E-state index < -0.39 is 0 Å². The van der Waals surface area contributed by atoms with E-state index in [2.05, 4.69) is 53.2 Å². The predicted molar refractivity (Wildman–Crippen MR) is 82.6 cm³/mol. The van der Waals surface area contributed by atoms with Crippen molar-refractivity contribution in [3.63, 3.8) is 0 Å². The van der Waals surface area contributed by atoms with E-state index in [0.29, 0.717) is 5.92 Å². The first-order valence-electron chi connectivity index (χ1n) is 7.44. The van der Waals surface area contributed by atoms with Gasteiger partial charge in [-0.3, -0.25) is 5.21 Å². The molecule has 0 saturated carbocycles. The highest BCUT2D eigenvalue weighted by atomic mass is 16.5. The molecule has 0 bridgehead atoms. The Morgan fingerprint density at radius 1 is 1.10 bits per heavy atom. The van der Waals surface area contributed by atoms with Crippen LogP contribution < -0.4 is 10.7 Å². The smallest absolute Gasteiger partial charge is 0.0557 e. The number of hydrogen-bond donors (Lipinski definition) is 3. The van der Waals surface area contributed by atoms with Crippen molar-refractivity contribution in [3.05, 3.63) is 59.8 Å². The van der Waals surface area contributed by atoms with Gasteiger partial charge in [-0.15, -0.1) is 0 Å². The fourth-order valence-electron chi connectivity index (χ4n) is 3.18. The maximum absolute atomic E-state index is 9.71. The molecule has 4 heteroatoms. The van der Waals surface area contributed by atoms with Crippen molar-refractivity contribution in [2.45, 2.75) is 12.5 Å². The number of hydrogen-bond acceptors (Lipinski definition) is 4. The topological polar surface area (TPSA) is 47.5 Å². The van der Waals surface area contributed by atoms with Gasteiger partial charge < -0.3 is 5.32 Å². The summed E-state index contributed by atoms with van der Waals surface area (Å²) in [6.07, 6.45) is 2.72. The van der Waals surface area contributed by atoms with Crippen molar-refractivity contribution in [2.24, 2.45) is 5.92 Å². The monoisotopic (exact) mass is 281 g/mol. The first kappa shape index (κ1) is 12.8. The van der Waals surface area contributed by atoms with Crippen molar-refractivity contribution in [1.82, 2.24) is 15.9 Å². The fourth-order valence-corrected chi connectivity index (χ4v) is 3.18. The van der Waals surface area contributed by atoms with Crippen molar-refractivity contribution in [3.8, 4) is 0 Å². The van der Waals surface area contributed by atoms with Gasteiger partial charge in [0.15, 0.2) is 0 Å². The van der Waals surface area contributed by atoms with E-state index >= 15 is 0 Å². The quantitative estimate of drug-likeness (QED) is 0.806. The number of nitrogens with one attached hydrogen (secondary N) is 2. The van der Waals surface area contributed by atoms with E-state index in [4.69, 9.17) is 0 Å². The molecule has 0 radical (unpaired) electrons. The number of rotatable bonds is 3. The molecule has 2 aromatic rings. The summed E-state index contributed by atoms with van der Waals surface area (Å²) in [6, 6.07) is 15.2. The van der Waals surface area contributed by atoms with Gasteiger partial charge in [-0.1, -0.05) is 42.5 Å². The molecule has 4 nitrogen and oxygen atoms in total. The summed E-state index contributed by atoms with van der Waals surface area (Å²) in [7, 11) is 0. The molecule has 0 spiro atoms. The SMILES string of the molecule is ON1C=C(C2CNC2)C(Cc2ccc3ccccc3c2)N1. The minimum absolute atomic E-state index is 0.184. The molecule has 2 aliphatic heterocycles. The van der Waals surface area contributed by atoms with Gasteiger partial charge in [0, 0.05) is 25.2 Å². The molecule has 4 rings (SSSR count). The maximum Gasteiger partial charge on any atom is 0.0557 e. The Bertz CT molecular complexity index is 693. The molecule has 1 unspecified atom stereocenters. The highest BCUT2D eigenvalue weighted by Gasteiger charge is 2.32. The molecule has 2 heterocycles. The highest BCUT2D eigenvalue weighted by molar-refractivity contribution is 5.83. The van der Waals surface area contributed by atoms with E-state index in [-0.39, 0.29) is 6.04 Å². The molecule has 2 aromatic carbocycles. The average molecular weight is 281 g/mol. The predicted octanol–water partition coefficient (Wildman–Crippen LogP) is 2.06. The van der Waals surface area contributed by atoms with Crippen LogP contribution in [0.15, 0.2) is 54.2 Å². The van der Waals surface area contributed by atoms with Crippen LogP contribution in [0.1, 0.15) is 5.56 Å². The van der Waals surface area contributed by atoms with Crippen LogP contribution in [-0.2, 0) is 6.42 Å². The number of fused-ring (bicyclic) bond motifs is 1. The number of nitrogens with zero attached hydrogens (tertiary/aromatic N) is 1. The lowest BCUT2D eigenvalue weighted by molar-refractivity contribution is -0.0839. The Hall–Kier alpha value is -1.88. The molecule has 0 aromatic heterocycles. The maximum atomic E-state index is 9.71. The molecule has 0 amide bonds. The second-order valence-corrected chi connectivity index (χ2v) is 5.90. The number of hydroxylamine groups is 1. The number of hydrazine groups is 1. The third kappa shape index (κ3) is 2.42. The van der Waals surface area contributed by atoms with Crippen molar-refractivity contribution >= 4 is 10.8 Å². The molecule has 3 N–H and O–H groups in total. The summed E-state index contributed by atoms with van der Waals surface area (Å²) in [5.41, 5.74) is 5.71. The largest absolute Gasteiger partial charge is 0.315 e. The van der Waals surface area contributed by atoms with Crippen molar-refractivity contribution in [1.29, 1.82) is 0 Å². The van der Waals surface area contributed by atoms with Crippen LogP contribution in [-0.4, -0.2) is 29.5 Å². The molecule has 21 heavy (non-hydrogen) atoms. The molecule has 1 fully saturated rings. The summed E-state index contributed by atoms with van der Waals surface area (Å²) in [5, 5.41) is 16.7. The van der Waals surface area contributed by atoms with Crippen LogP contribution in [0.4, 0.5) is 0 Å². The molecular weight excluding hydrogens is 262 g/mol. The Morgan fingerprint density at radius 2 is 1.90 bits per heavy atom. The van der Waals surface area contributed by atoms with Crippen LogP contribution in [0.3, 0.4) is 0 Å². The minimum atomic E-state index is 0.184. The van der Waals surface area contributed by atoms with E-state index in [1.54, 1.807) is 0 Å². The molecule has 108 valence electrons. The van der Waals surface area contributed by atoms with Crippen LogP contribution in [0.5, 0.6) is 0 Å². The Kier molecular flexibility index (Phi) is 3.15. The lowest BCUT2D eigenvalue weighted by atomic mass is 9.87. The van der Waals surface area contributed by atoms with Crippen LogP contribution in [0.25, 0.3) is 10.8 Å². The van der Waals surface area contributed by atoms with Crippen LogP contribution in [0.2, 0.25) is 0 Å². The Labute approximate surface area is 124 Å². The lowest BCUT2D eigenvalue weighted by Crippen LogP contribution is -2.46. The normalized spacial score (nSPS) is 22.4. The highest BCUT2D eigenvalue weighted by Crippen LogP contribution is 2.26. The van der Waals surface area contributed by atoms with Crippen LogP contribution in [0, 0.1) is 5.92 Å². The van der Waals surface area contributed by atoms with E-state index in [1.807, 2.05) is 6.20 Å². The zero-order valence-electron chi connectivity index (χ0n) is 11.8. The van der Waals surface area contributed by atoms with E-state index in [9.17, 15) is 5.21 Å². The average Bonchev–Trinajstić information content (AvgIpc) is 2.77. The summed E-state index contributed by atoms with van der Waals surface area (Å²) in [4.78, 5) is 0. The second-order valence-electron chi connectivity index (χ2n) is 5.90. The molecule has 1 saturated heterocycles. The van der Waals surface area contributed by atoms with Crippen LogP contribution >= 0.6 is 0 Å². The Balaban J connectivity index is 1.57. The lowest BCUT2D eigenvalue weighted by Gasteiger charge is -2.31. The zero-order chi connectivity index (χ0) is 14.2. The zero-order valence-corrected chi connectivity index (χ0v) is 11.8. The Morgan fingerprint density at radius 3 is 2.67 bits per heavy atom. The van der Waals surface area contributed by atoms with Crippen molar-refractivity contribution < 1.29 is 5.21 Å². The molecule has 1 atom stereocenters. The van der Waals surface area contributed by atoms with Gasteiger partial charge in [-0.2, -0.15) is 5.17 Å². The van der Waals surface area contributed by atoms with Gasteiger partial charge in [0.05, 0.1) is 6.04 Å². The number of benzene rings is 2. The van der Waals surface area contributed by atoms with Gasteiger partial charge in [0.25, 0.3) is 0 Å². The fraction of sp³-hybridized carbons (Fsp3) is 0.294. The summed E-state index contributed by atoms with van der Waals surface area (Å²) in [6.45, 7) is 2.02. The summed E-state index contributed by atoms with van der Waals surface area (Å²) >= 11 is 0. The van der Waals surface area contributed by atoms with Gasteiger partial charge in [0.1, 0.15) is 0 Å². The molecule has 2 aliphatic rings. The third-order valence-electron chi connectivity index (χ3n) is 4.47. The first-order chi connectivity index (χ1) is 10.3. The third-order valence-corrected chi connectivity index (χ3v) is 4.47. The van der Waals surface area contributed by atoms with Crippen molar-refractivity contribution in [2.75, 3.05) is 13.1 Å². The molecular formula is C17H19N3O. The standard InChI is InChI=1S/C17H19N3O/c21-20-11-16(15-9-18-10-15)17(19-20)8-12-5-6-13-3-1-2-4-14(13)7-12/h1-7,11,15,17-19,21H,8-10H2. The first-order valence-corrected chi connectivity index (χ1v) is 7.44. The summed E-state index contributed by atoms with van der Waals surface area (Å²) < 4.78 is 0. The summed E-state index contributed by atoms with van der Waals surface area (Å²) in [5.74, 6) is 0.542. The second kappa shape index (κ2) is 5.15. The van der Waals surface area contributed by atoms with E-state index in [0.717, 1.165) is 24.7 Å². The van der Waals surface area contributed by atoms with Gasteiger partial charge in [-0.05, 0) is 28.3 Å². The van der Waals surface area contributed by atoms with Gasteiger partial charge in [0.2, 0.25) is 0 Å². The van der Waals surface area contributed by atoms with Gasteiger partial charge in [-0.25, -0.2) is 5.43 Å². The van der Waals surface area contributed by atoms with Gasteiger partial charge >= 0.3 is 0 Å². The molecule has 0 aliphatic carbocycles. The minimum Gasteiger partial charge on any atom is -0.315 e.